The summed E-state index contributed by atoms with van der Waals surface area (Å²) in [6.45, 7) is 1.47. The second-order valence-corrected chi connectivity index (χ2v) is 6.58. The summed E-state index contributed by atoms with van der Waals surface area (Å²) in [5.41, 5.74) is -0.807. The van der Waals surface area contributed by atoms with E-state index in [1.165, 1.54) is 19.1 Å². The quantitative estimate of drug-likeness (QED) is 0.700. The number of rotatable bonds is 2. The number of aromatic nitrogens is 3. The summed E-state index contributed by atoms with van der Waals surface area (Å²) >= 11 is 1.84. The number of sulfonamides is 1. The van der Waals surface area contributed by atoms with Gasteiger partial charge in [-0.05, 0) is 41.6 Å². The summed E-state index contributed by atoms with van der Waals surface area (Å²) in [7, 11) is -4.07. The van der Waals surface area contributed by atoms with Gasteiger partial charge >= 0.3 is 11.7 Å². The number of halogens is 1. The van der Waals surface area contributed by atoms with Crippen LogP contribution in [0.4, 0.5) is 4.79 Å². The number of nitrogens with zero attached hydrogens (tertiary/aromatic N) is 2. The van der Waals surface area contributed by atoms with E-state index in [0.717, 1.165) is 0 Å². The lowest BCUT2D eigenvalue weighted by Gasteiger charge is -2.07. The van der Waals surface area contributed by atoms with Gasteiger partial charge in [0, 0.05) is 3.57 Å². The fraction of sp³-hybridized carbons (Fsp3) is 0.100. The van der Waals surface area contributed by atoms with Crippen molar-refractivity contribution in [3.8, 4) is 0 Å². The minimum Gasteiger partial charge on any atom is -0.293 e. The summed E-state index contributed by atoms with van der Waals surface area (Å²) in [5, 5.41) is 3.58. The van der Waals surface area contributed by atoms with Crippen LogP contribution in [-0.4, -0.2) is 29.2 Å². The summed E-state index contributed by atoms with van der Waals surface area (Å²) in [6.07, 6.45) is 0. The first kappa shape index (κ1) is 14.7. The van der Waals surface area contributed by atoms with Crippen LogP contribution in [-0.2, 0) is 10.0 Å². The standard InChI is InChI=1S/C10H9IN4O4S/c1-6-12-9(16)15(13-6)10(17)14-20(18,19)8-5-3-2-4-7(8)11/h2-5H,1H3,(H,14,17)(H,12,13,16). The van der Waals surface area contributed by atoms with Gasteiger partial charge in [-0.25, -0.2) is 22.7 Å². The number of nitrogens with one attached hydrogen (secondary N) is 2. The van der Waals surface area contributed by atoms with Crippen LogP contribution < -0.4 is 10.4 Å². The molecule has 1 heterocycles. The van der Waals surface area contributed by atoms with Crippen LogP contribution in [0.15, 0.2) is 34.0 Å². The van der Waals surface area contributed by atoms with E-state index in [-0.39, 0.29) is 10.7 Å². The number of H-pyrrole nitrogens is 1. The normalized spacial score (nSPS) is 11.3. The third-order valence-corrected chi connectivity index (χ3v) is 4.96. The third kappa shape index (κ3) is 2.90. The molecule has 20 heavy (non-hydrogen) atoms. The highest BCUT2D eigenvalue weighted by Gasteiger charge is 2.22. The molecule has 1 amide bonds. The molecule has 8 nitrogen and oxygen atoms in total. The SMILES string of the molecule is Cc1nn(C(=O)NS(=O)(=O)c2ccccc2I)c(=O)[nH]1. The first-order chi connectivity index (χ1) is 9.31. The van der Waals surface area contributed by atoms with Crippen LogP contribution in [0, 0.1) is 10.5 Å². The largest absolute Gasteiger partial charge is 0.360 e. The van der Waals surface area contributed by atoms with Crippen molar-refractivity contribution in [1.82, 2.24) is 19.5 Å². The van der Waals surface area contributed by atoms with Crippen molar-refractivity contribution < 1.29 is 13.2 Å². The zero-order valence-corrected chi connectivity index (χ0v) is 13.1. The van der Waals surface area contributed by atoms with Crippen molar-refractivity contribution in [2.45, 2.75) is 11.8 Å². The van der Waals surface area contributed by atoms with Gasteiger partial charge in [0.05, 0.1) is 0 Å². The van der Waals surface area contributed by atoms with Crippen molar-refractivity contribution in [3.63, 3.8) is 0 Å². The molecule has 0 atom stereocenters. The molecule has 0 radical (unpaired) electrons. The first-order valence-electron chi connectivity index (χ1n) is 5.29. The molecule has 106 valence electrons. The van der Waals surface area contributed by atoms with Crippen molar-refractivity contribution in [2.75, 3.05) is 0 Å². The molecule has 2 aromatic rings. The minimum absolute atomic E-state index is 0.0470. The molecule has 1 aromatic carbocycles. The summed E-state index contributed by atoms with van der Waals surface area (Å²) in [4.78, 5) is 25.3. The van der Waals surface area contributed by atoms with Crippen LogP contribution in [0.3, 0.4) is 0 Å². The van der Waals surface area contributed by atoms with Gasteiger partial charge in [-0.2, -0.15) is 0 Å². The molecule has 0 saturated carbocycles. The fourth-order valence-corrected chi connectivity index (χ4v) is 3.71. The number of carbonyl (C=O) groups excluding carboxylic acids is 1. The Bertz CT molecular complexity index is 824. The Morgan fingerprint density at radius 2 is 2.05 bits per heavy atom. The highest BCUT2D eigenvalue weighted by molar-refractivity contribution is 14.1. The van der Waals surface area contributed by atoms with E-state index in [1.54, 1.807) is 16.9 Å². The van der Waals surface area contributed by atoms with E-state index < -0.39 is 21.7 Å². The summed E-state index contributed by atoms with van der Waals surface area (Å²) in [6, 6.07) is 5.01. The predicted molar refractivity (Wildman–Crippen MR) is 77.9 cm³/mol. The molecule has 1 aromatic heterocycles. The van der Waals surface area contributed by atoms with E-state index >= 15 is 0 Å². The Morgan fingerprint density at radius 3 is 2.60 bits per heavy atom. The molecule has 2 N–H and O–H groups in total. The monoisotopic (exact) mass is 408 g/mol. The third-order valence-electron chi connectivity index (χ3n) is 2.27. The average molecular weight is 408 g/mol. The van der Waals surface area contributed by atoms with E-state index in [4.69, 9.17) is 0 Å². The number of carbonyl (C=O) groups is 1. The molecular formula is C10H9IN4O4S. The highest BCUT2D eigenvalue weighted by Crippen LogP contribution is 2.16. The molecule has 0 bridgehead atoms. The van der Waals surface area contributed by atoms with Crippen LogP contribution in [0.2, 0.25) is 0 Å². The smallest absolute Gasteiger partial charge is 0.293 e. The number of aryl methyl sites for hydroxylation is 1. The Morgan fingerprint density at radius 1 is 1.40 bits per heavy atom. The number of amides is 1. The number of benzene rings is 1. The van der Waals surface area contributed by atoms with Crippen molar-refractivity contribution in [2.24, 2.45) is 0 Å². The molecule has 0 fully saturated rings. The zero-order valence-electron chi connectivity index (χ0n) is 10.1. The molecule has 0 unspecified atom stereocenters. The molecule has 2 rings (SSSR count). The maximum absolute atomic E-state index is 12.1. The van der Waals surface area contributed by atoms with Gasteiger partial charge in [0.2, 0.25) is 0 Å². The van der Waals surface area contributed by atoms with Gasteiger partial charge < -0.3 is 0 Å². The Labute approximate surface area is 127 Å². The Kier molecular flexibility index (Phi) is 3.94. The average Bonchev–Trinajstić information content (AvgIpc) is 2.68. The zero-order chi connectivity index (χ0) is 14.9. The highest BCUT2D eigenvalue weighted by atomic mass is 127. The van der Waals surface area contributed by atoms with E-state index in [0.29, 0.717) is 8.25 Å². The molecule has 0 aliphatic heterocycles. The van der Waals surface area contributed by atoms with Crippen molar-refractivity contribution in [1.29, 1.82) is 0 Å². The first-order valence-corrected chi connectivity index (χ1v) is 7.85. The second kappa shape index (κ2) is 5.36. The maximum atomic E-state index is 12.1. The second-order valence-electron chi connectivity index (χ2n) is 3.77. The van der Waals surface area contributed by atoms with Crippen molar-refractivity contribution in [3.05, 3.63) is 44.1 Å². The van der Waals surface area contributed by atoms with Gasteiger partial charge in [0.25, 0.3) is 10.0 Å². The van der Waals surface area contributed by atoms with Crippen LogP contribution in [0.5, 0.6) is 0 Å². The number of aromatic amines is 1. The Hall–Kier alpha value is -1.69. The predicted octanol–water partition coefficient (Wildman–Crippen LogP) is 0.431. The van der Waals surface area contributed by atoms with Crippen molar-refractivity contribution >= 4 is 38.6 Å². The van der Waals surface area contributed by atoms with Gasteiger partial charge in [-0.1, -0.05) is 12.1 Å². The lowest BCUT2D eigenvalue weighted by molar-refractivity contribution is 0.243. The molecule has 10 heteroatoms. The molecule has 0 saturated heterocycles. The Balaban J connectivity index is 2.34. The number of hydrogen-bond donors (Lipinski definition) is 2. The molecule has 0 spiro atoms. The topological polar surface area (TPSA) is 114 Å². The molecule has 0 aliphatic carbocycles. The van der Waals surface area contributed by atoms with E-state index in [2.05, 4.69) is 10.1 Å². The van der Waals surface area contributed by atoms with Crippen LogP contribution >= 0.6 is 22.6 Å². The lowest BCUT2D eigenvalue weighted by atomic mass is 10.4. The lowest BCUT2D eigenvalue weighted by Crippen LogP contribution is -2.39. The number of hydrogen-bond acceptors (Lipinski definition) is 5. The van der Waals surface area contributed by atoms with Crippen LogP contribution in [0.1, 0.15) is 5.82 Å². The van der Waals surface area contributed by atoms with Gasteiger partial charge in [-0.15, -0.1) is 9.78 Å². The molecule has 0 aliphatic rings. The van der Waals surface area contributed by atoms with Gasteiger partial charge in [0.1, 0.15) is 10.7 Å². The van der Waals surface area contributed by atoms with Crippen LogP contribution in [0.25, 0.3) is 0 Å². The van der Waals surface area contributed by atoms with Gasteiger partial charge in [-0.3, -0.25) is 4.98 Å². The minimum atomic E-state index is -4.07. The van der Waals surface area contributed by atoms with E-state index in [1.807, 2.05) is 22.6 Å². The summed E-state index contributed by atoms with van der Waals surface area (Å²) < 4.78 is 26.8. The van der Waals surface area contributed by atoms with Gasteiger partial charge in [0.15, 0.2) is 0 Å². The molecular weight excluding hydrogens is 399 g/mol. The maximum Gasteiger partial charge on any atom is 0.360 e. The fourth-order valence-electron chi connectivity index (χ4n) is 1.44. The van der Waals surface area contributed by atoms with E-state index in [9.17, 15) is 18.0 Å². The summed E-state index contributed by atoms with van der Waals surface area (Å²) in [5.74, 6) is 0.205.